The SMILES string of the molecule is COc1ccc(C2CNCC2(C)C)c(OC)c1. The summed E-state index contributed by atoms with van der Waals surface area (Å²) in [5, 5.41) is 3.45. The first kappa shape index (κ1) is 12.2. The number of rotatable bonds is 3. The molecule has 0 radical (unpaired) electrons. The fraction of sp³-hybridized carbons (Fsp3) is 0.571. The van der Waals surface area contributed by atoms with Gasteiger partial charge in [0, 0.05) is 25.1 Å². The zero-order chi connectivity index (χ0) is 12.5. The maximum absolute atomic E-state index is 5.49. The lowest BCUT2D eigenvalue weighted by atomic mass is 9.77. The molecule has 1 N–H and O–H groups in total. The van der Waals surface area contributed by atoms with Crippen molar-refractivity contribution in [3.05, 3.63) is 23.8 Å². The van der Waals surface area contributed by atoms with Crippen LogP contribution in [-0.2, 0) is 0 Å². The van der Waals surface area contributed by atoms with E-state index in [-0.39, 0.29) is 5.41 Å². The smallest absolute Gasteiger partial charge is 0.126 e. The van der Waals surface area contributed by atoms with Crippen LogP contribution in [0.1, 0.15) is 25.3 Å². The van der Waals surface area contributed by atoms with Crippen LogP contribution in [0.4, 0.5) is 0 Å². The van der Waals surface area contributed by atoms with Gasteiger partial charge in [-0.05, 0) is 17.0 Å². The molecule has 0 saturated carbocycles. The van der Waals surface area contributed by atoms with Gasteiger partial charge in [0.1, 0.15) is 11.5 Å². The van der Waals surface area contributed by atoms with Crippen molar-refractivity contribution < 1.29 is 9.47 Å². The number of methoxy groups -OCH3 is 2. The van der Waals surface area contributed by atoms with E-state index in [1.165, 1.54) is 5.56 Å². The highest BCUT2D eigenvalue weighted by atomic mass is 16.5. The third-order valence-electron chi connectivity index (χ3n) is 3.69. The summed E-state index contributed by atoms with van der Waals surface area (Å²) in [6.45, 7) is 6.64. The van der Waals surface area contributed by atoms with Crippen LogP contribution in [-0.4, -0.2) is 27.3 Å². The Balaban J connectivity index is 2.38. The second-order valence-corrected chi connectivity index (χ2v) is 5.28. The predicted molar refractivity (Wildman–Crippen MR) is 68.9 cm³/mol. The van der Waals surface area contributed by atoms with Crippen molar-refractivity contribution in [3.8, 4) is 11.5 Å². The first-order valence-electron chi connectivity index (χ1n) is 6.01. The van der Waals surface area contributed by atoms with Crippen molar-refractivity contribution in [2.45, 2.75) is 19.8 Å². The number of nitrogens with one attached hydrogen (secondary N) is 1. The van der Waals surface area contributed by atoms with Crippen molar-refractivity contribution in [1.29, 1.82) is 0 Å². The van der Waals surface area contributed by atoms with E-state index in [1.807, 2.05) is 12.1 Å². The summed E-state index contributed by atoms with van der Waals surface area (Å²) >= 11 is 0. The molecule has 1 fully saturated rings. The molecule has 1 heterocycles. The highest BCUT2D eigenvalue weighted by Gasteiger charge is 2.36. The second-order valence-electron chi connectivity index (χ2n) is 5.28. The van der Waals surface area contributed by atoms with Crippen molar-refractivity contribution in [2.24, 2.45) is 5.41 Å². The molecule has 2 rings (SSSR count). The molecule has 0 spiro atoms. The lowest BCUT2D eigenvalue weighted by Gasteiger charge is -2.27. The zero-order valence-corrected chi connectivity index (χ0v) is 11.0. The Morgan fingerprint density at radius 1 is 1.24 bits per heavy atom. The minimum Gasteiger partial charge on any atom is -0.497 e. The summed E-state index contributed by atoms with van der Waals surface area (Å²) < 4.78 is 10.7. The van der Waals surface area contributed by atoms with Gasteiger partial charge in [0.2, 0.25) is 0 Å². The molecule has 1 aliphatic heterocycles. The lowest BCUT2D eigenvalue weighted by molar-refractivity contribution is 0.342. The Morgan fingerprint density at radius 3 is 2.53 bits per heavy atom. The molecule has 0 amide bonds. The van der Waals surface area contributed by atoms with Gasteiger partial charge < -0.3 is 14.8 Å². The Kier molecular flexibility index (Phi) is 3.29. The molecule has 3 nitrogen and oxygen atoms in total. The van der Waals surface area contributed by atoms with Gasteiger partial charge in [-0.3, -0.25) is 0 Å². The van der Waals surface area contributed by atoms with Gasteiger partial charge >= 0.3 is 0 Å². The van der Waals surface area contributed by atoms with Gasteiger partial charge in [0.25, 0.3) is 0 Å². The van der Waals surface area contributed by atoms with Crippen molar-refractivity contribution in [3.63, 3.8) is 0 Å². The van der Waals surface area contributed by atoms with Gasteiger partial charge in [-0.15, -0.1) is 0 Å². The molecule has 0 aromatic heterocycles. The van der Waals surface area contributed by atoms with Crippen LogP contribution in [0.25, 0.3) is 0 Å². The van der Waals surface area contributed by atoms with Crippen molar-refractivity contribution in [1.82, 2.24) is 5.32 Å². The maximum Gasteiger partial charge on any atom is 0.126 e. The Hall–Kier alpha value is -1.22. The van der Waals surface area contributed by atoms with Crippen molar-refractivity contribution in [2.75, 3.05) is 27.3 Å². The fourth-order valence-corrected chi connectivity index (χ4v) is 2.58. The topological polar surface area (TPSA) is 30.5 Å². The molecular formula is C14H21NO2. The molecule has 1 unspecified atom stereocenters. The van der Waals surface area contributed by atoms with E-state index in [4.69, 9.17) is 9.47 Å². The number of hydrogen-bond donors (Lipinski definition) is 1. The average molecular weight is 235 g/mol. The summed E-state index contributed by atoms with van der Waals surface area (Å²) in [5.74, 6) is 2.25. The van der Waals surface area contributed by atoms with E-state index < -0.39 is 0 Å². The molecule has 1 aromatic rings. The first-order valence-corrected chi connectivity index (χ1v) is 6.01. The Morgan fingerprint density at radius 2 is 2.00 bits per heavy atom. The quantitative estimate of drug-likeness (QED) is 0.872. The van der Waals surface area contributed by atoms with Crippen LogP contribution >= 0.6 is 0 Å². The van der Waals surface area contributed by atoms with Gasteiger partial charge in [0.05, 0.1) is 14.2 Å². The van der Waals surface area contributed by atoms with E-state index in [1.54, 1.807) is 14.2 Å². The van der Waals surface area contributed by atoms with Crippen LogP contribution in [0.5, 0.6) is 11.5 Å². The summed E-state index contributed by atoms with van der Waals surface area (Å²) in [4.78, 5) is 0. The number of benzene rings is 1. The average Bonchev–Trinajstić information content (AvgIpc) is 2.68. The van der Waals surface area contributed by atoms with E-state index in [9.17, 15) is 0 Å². The van der Waals surface area contributed by atoms with Crippen LogP contribution in [0.15, 0.2) is 18.2 Å². The minimum atomic E-state index is 0.266. The number of hydrogen-bond acceptors (Lipinski definition) is 3. The molecule has 3 heteroatoms. The normalized spacial score (nSPS) is 22.5. The van der Waals surface area contributed by atoms with E-state index in [0.29, 0.717) is 5.92 Å². The summed E-state index contributed by atoms with van der Waals surface area (Å²) in [6, 6.07) is 6.09. The molecular weight excluding hydrogens is 214 g/mol. The molecule has 94 valence electrons. The third kappa shape index (κ3) is 2.25. The first-order chi connectivity index (χ1) is 8.08. The molecule has 0 aliphatic carbocycles. The zero-order valence-electron chi connectivity index (χ0n) is 11.0. The van der Waals surface area contributed by atoms with Crippen LogP contribution in [0.2, 0.25) is 0 Å². The van der Waals surface area contributed by atoms with Crippen LogP contribution in [0.3, 0.4) is 0 Å². The third-order valence-corrected chi connectivity index (χ3v) is 3.69. The Labute approximate surface area is 103 Å². The minimum absolute atomic E-state index is 0.266. The molecule has 1 aromatic carbocycles. The second kappa shape index (κ2) is 4.57. The standard InChI is InChI=1S/C14H21NO2/c1-14(2)9-15-8-12(14)11-6-5-10(16-3)7-13(11)17-4/h5-7,12,15H,8-9H2,1-4H3. The molecule has 17 heavy (non-hydrogen) atoms. The number of ether oxygens (including phenoxy) is 2. The monoisotopic (exact) mass is 235 g/mol. The van der Waals surface area contributed by atoms with Crippen LogP contribution in [0, 0.1) is 5.41 Å². The highest BCUT2D eigenvalue weighted by molar-refractivity contribution is 5.44. The van der Waals surface area contributed by atoms with Gasteiger partial charge in [-0.1, -0.05) is 19.9 Å². The summed E-state index contributed by atoms with van der Waals surface area (Å²) in [7, 11) is 3.39. The van der Waals surface area contributed by atoms with E-state index >= 15 is 0 Å². The predicted octanol–water partition coefficient (Wildman–Crippen LogP) is 2.42. The van der Waals surface area contributed by atoms with E-state index in [2.05, 4.69) is 25.2 Å². The maximum atomic E-state index is 5.49. The summed E-state index contributed by atoms with van der Waals surface area (Å²) in [6.07, 6.45) is 0. The van der Waals surface area contributed by atoms with Crippen LogP contribution < -0.4 is 14.8 Å². The largest absolute Gasteiger partial charge is 0.497 e. The molecule has 1 aliphatic rings. The molecule has 1 atom stereocenters. The lowest BCUT2D eigenvalue weighted by Crippen LogP contribution is -2.21. The highest BCUT2D eigenvalue weighted by Crippen LogP contribution is 2.42. The summed E-state index contributed by atoms with van der Waals surface area (Å²) in [5.41, 5.74) is 1.53. The van der Waals surface area contributed by atoms with Gasteiger partial charge in [-0.25, -0.2) is 0 Å². The van der Waals surface area contributed by atoms with Gasteiger partial charge in [0.15, 0.2) is 0 Å². The van der Waals surface area contributed by atoms with E-state index in [0.717, 1.165) is 24.6 Å². The molecule has 0 bridgehead atoms. The van der Waals surface area contributed by atoms with Crippen molar-refractivity contribution >= 4 is 0 Å². The van der Waals surface area contributed by atoms with Gasteiger partial charge in [-0.2, -0.15) is 0 Å². The Bertz CT molecular complexity index is 401. The molecule has 1 saturated heterocycles. The fourth-order valence-electron chi connectivity index (χ4n) is 2.58.